The molecule has 6 heteroatoms. The van der Waals surface area contributed by atoms with Gasteiger partial charge in [0.15, 0.2) is 5.76 Å². The predicted octanol–water partition coefficient (Wildman–Crippen LogP) is 5.42. The van der Waals surface area contributed by atoms with E-state index >= 15 is 0 Å². The number of ether oxygens (including phenoxy) is 1. The molecule has 27 heavy (non-hydrogen) atoms. The van der Waals surface area contributed by atoms with Gasteiger partial charge in [-0.05, 0) is 74.5 Å². The second-order valence-corrected chi connectivity index (χ2v) is 6.59. The van der Waals surface area contributed by atoms with E-state index in [9.17, 15) is 9.59 Å². The zero-order chi connectivity index (χ0) is 19.4. The SMILES string of the molecule is CC(C)OC(=O)c1ccc(NC(=O)c2ccc(-c3ccc(Cl)cc3)o2)cc1. The molecule has 5 nitrogen and oxygen atoms in total. The molecule has 2 aromatic carbocycles. The highest BCUT2D eigenvalue weighted by molar-refractivity contribution is 6.30. The molecule has 0 radical (unpaired) electrons. The highest BCUT2D eigenvalue weighted by atomic mass is 35.5. The first kappa shape index (κ1) is 18.7. The average molecular weight is 384 g/mol. The van der Waals surface area contributed by atoms with E-state index < -0.39 is 5.97 Å². The fourth-order valence-electron chi connectivity index (χ4n) is 2.39. The molecule has 1 aromatic heterocycles. The van der Waals surface area contributed by atoms with Gasteiger partial charge in [-0.25, -0.2) is 4.79 Å². The summed E-state index contributed by atoms with van der Waals surface area (Å²) in [5.74, 6) is -0.0268. The first-order valence-corrected chi connectivity index (χ1v) is 8.78. The minimum Gasteiger partial charge on any atom is -0.459 e. The molecular weight excluding hydrogens is 366 g/mol. The Balaban J connectivity index is 1.67. The number of nitrogens with one attached hydrogen (secondary N) is 1. The third-order valence-electron chi connectivity index (χ3n) is 3.68. The molecule has 1 heterocycles. The fraction of sp³-hybridized carbons (Fsp3) is 0.143. The van der Waals surface area contributed by atoms with Crippen molar-refractivity contribution in [2.75, 3.05) is 5.32 Å². The molecular formula is C21H18ClNO4. The van der Waals surface area contributed by atoms with Crippen molar-refractivity contribution in [3.63, 3.8) is 0 Å². The van der Waals surface area contributed by atoms with E-state index in [0.717, 1.165) is 5.56 Å². The number of furan rings is 1. The van der Waals surface area contributed by atoms with Crippen molar-refractivity contribution in [3.8, 4) is 11.3 Å². The number of anilines is 1. The minimum atomic E-state index is -0.401. The summed E-state index contributed by atoms with van der Waals surface area (Å²) >= 11 is 5.88. The number of carbonyl (C=O) groups excluding carboxylic acids is 2. The lowest BCUT2D eigenvalue weighted by atomic mass is 10.2. The van der Waals surface area contributed by atoms with Crippen molar-refractivity contribution in [1.29, 1.82) is 0 Å². The monoisotopic (exact) mass is 383 g/mol. The first-order chi connectivity index (χ1) is 12.9. The van der Waals surface area contributed by atoms with Gasteiger partial charge in [-0.2, -0.15) is 0 Å². The van der Waals surface area contributed by atoms with Crippen molar-refractivity contribution in [3.05, 3.63) is 77.0 Å². The Morgan fingerprint density at radius 1 is 0.963 bits per heavy atom. The van der Waals surface area contributed by atoms with Crippen molar-refractivity contribution < 1.29 is 18.7 Å². The van der Waals surface area contributed by atoms with E-state index in [0.29, 0.717) is 22.0 Å². The highest BCUT2D eigenvalue weighted by Crippen LogP contribution is 2.24. The summed E-state index contributed by atoms with van der Waals surface area (Å²) < 4.78 is 10.7. The molecule has 0 aliphatic rings. The first-order valence-electron chi connectivity index (χ1n) is 8.40. The fourth-order valence-corrected chi connectivity index (χ4v) is 2.52. The van der Waals surface area contributed by atoms with Crippen molar-refractivity contribution in [2.24, 2.45) is 0 Å². The number of hydrogen-bond acceptors (Lipinski definition) is 4. The largest absolute Gasteiger partial charge is 0.459 e. The number of benzene rings is 2. The highest BCUT2D eigenvalue weighted by Gasteiger charge is 2.14. The molecule has 1 amide bonds. The topological polar surface area (TPSA) is 68.5 Å². The summed E-state index contributed by atoms with van der Waals surface area (Å²) in [5, 5.41) is 3.36. The summed E-state index contributed by atoms with van der Waals surface area (Å²) in [6.07, 6.45) is -0.189. The van der Waals surface area contributed by atoms with E-state index in [1.54, 1.807) is 62.4 Å². The number of amides is 1. The van der Waals surface area contributed by atoms with E-state index in [1.165, 1.54) is 0 Å². The lowest BCUT2D eigenvalue weighted by Crippen LogP contribution is -2.13. The van der Waals surface area contributed by atoms with Gasteiger partial charge in [-0.15, -0.1) is 0 Å². The summed E-state index contributed by atoms with van der Waals surface area (Å²) in [6, 6.07) is 16.9. The van der Waals surface area contributed by atoms with Crippen LogP contribution in [0.15, 0.2) is 65.1 Å². The standard InChI is InChI=1S/C21H18ClNO4/c1-13(2)26-21(25)15-5-9-17(10-6-15)23-20(24)19-12-11-18(27-19)14-3-7-16(22)8-4-14/h3-13H,1-2H3,(H,23,24). The maximum absolute atomic E-state index is 12.4. The molecule has 0 saturated carbocycles. The summed E-state index contributed by atoms with van der Waals surface area (Å²) in [5.41, 5.74) is 1.79. The second-order valence-electron chi connectivity index (χ2n) is 6.16. The van der Waals surface area contributed by atoms with Gasteiger partial charge < -0.3 is 14.5 Å². The Labute approximate surface area is 161 Å². The summed E-state index contributed by atoms with van der Waals surface area (Å²) in [7, 11) is 0. The Bertz CT molecular complexity index is 943. The Kier molecular flexibility index (Phi) is 5.62. The van der Waals surface area contributed by atoms with Crippen LogP contribution in [0.2, 0.25) is 5.02 Å². The molecule has 3 aromatic rings. The smallest absolute Gasteiger partial charge is 0.338 e. The lowest BCUT2D eigenvalue weighted by Gasteiger charge is -2.08. The molecule has 0 aliphatic carbocycles. The van der Waals surface area contributed by atoms with Gasteiger partial charge in [0.05, 0.1) is 11.7 Å². The van der Waals surface area contributed by atoms with Crippen LogP contribution in [-0.4, -0.2) is 18.0 Å². The average Bonchev–Trinajstić information content (AvgIpc) is 3.12. The van der Waals surface area contributed by atoms with Gasteiger partial charge >= 0.3 is 5.97 Å². The lowest BCUT2D eigenvalue weighted by molar-refractivity contribution is 0.0378. The van der Waals surface area contributed by atoms with Gasteiger partial charge in [-0.1, -0.05) is 11.6 Å². The van der Waals surface area contributed by atoms with Crippen LogP contribution in [0.5, 0.6) is 0 Å². The van der Waals surface area contributed by atoms with Crippen LogP contribution in [0.1, 0.15) is 34.8 Å². The minimum absolute atomic E-state index is 0.184. The molecule has 0 unspecified atom stereocenters. The van der Waals surface area contributed by atoms with E-state index in [4.69, 9.17) is 20.8 Å². The quantitative estimate of drug-likeness (QED) is 0.597. The maximum Gasteiger partial charge on any atom is 0.338 e. The third-order valence-corrected chi connectivity index (χ3v) is 3.93. The van der Waals surface area contributed by atoms with Gasteiger partial charge in [-0.3, -0.25) is 4.79 Å². The maximum atomic E-state index is 12.4. The Hall–Kier alpha value is -3.05. The number of carbonyl (C=O) groups is 2. The van der Waals surface area contributed by atoms with Crippen LogP contribution in [0, 0.1) is 0 Å². The molecule has 0 bridgehead atoms. The van der Waals surface area contributed by atoms with Crippen molar-refractivity contribution in [1.82, 2.24) is 0 Å². The van der Waals surface area contributed by atoms with Crippen LogP contribution in [0.3, 0.4) is 0 Å². The van der Waals surface area contributed by atoms with Gasteiger partial charge in [0.2, 0.25) is 0 Å². The van der Waals surface area contributed by atoms with Crippen LogP contribution < -0.4 is 5.32 Å². The summed E-state index contributed by atoms with van der Waals surface area (Å²) in [4.78, 5) is 24.2. The molecule has 0 spiro atoms. The number of esters is 1. The Morgan fingerprint density at radius 3 is 2.26 bits per heavy atom. The zero-order valence-electron chi connectivity index (χ0n) is 14.9. The molecule has 0 fully saturated rings. The van der Waals surface area contributed by atoms with Gasteiger partial charge in [0.25, 0.3) is 5.91 Å². The molecule has 3 rings (SSSR count). The van der Waals surface area contributed by atoms with E-state index in [2.05, 4.69) is 5.32 Å². The van der Waals surface area contributed by atoms with E-state index in [1.807, 2.05) is 12.1 Å². The molecule has 1 N–H and O–H groups in total. The van der Waals surface area contributed by atoms with Crippen LogP contribution >= 0.6 is 11.6 Å². The van der Waals surface area contributed by atoms with Crippen LogP contribution in [0.4, 0.5) is 5.69 Å². The van der Waals surface area contributed by atoms with Gasteiger partial charge in [0, 0.05) is 16.3 Å². The molecule has 0 saturated heterocycles. The normalized spacial score (nSPS) is 10.7. The zero-order valence-corrected chi connectivity index (χ0v) is 15.6. The van der Waals surface area contributed by atoms with Crippen molar-refractivity contribution in [2.45, 2.75) is 20.0 Å². The molecule has 0 atom stereocenters. The number of rotatable bonds is 5. The second kappa shape index (κ2) is 8.10. The van der Waals surface area contributed by atoms with Gasteiger partial charge in [0.1, 0.15) is 5.76 Å². The number of halogens is 1. The predicted molar refractivity (Wildman–Crippen MR) is 104 cm³/mol. The molecule has 138 valence electrons. The van der Waals surface area contributed by atoms with Crippen LogP contribution in [-0.2, 0) is 4.74 Å². The molecule has 0 aliphatic heterocycles. The number of hydrogen-bond donors (Lipinski definition) is 1. The van der Waals surface area contributed by atoms with Crippen LogP contribution in [0.25, 0.3) is 11.3 Å². The third kappa shape index (κ3) is 4.77. The summed E-state index contributed by atoms with van der Waals surface area (Å²) in [6.45, 7) is 3.57. The Morgan fingerprint density at radius 2 is 1.63 bits per heavy atom. The van der Waals surface area contributed by atoms with Crippen molar-refractivity contribution >= 4 is 29.2 Å². The van der Waals surface area contributed by atoms with E-state index in [-0.39, 0.29) is 17.8 Å².